The number of nitrogens with zero attached hydrogens (tertiary/aromatic N) is 1. The molecular weight excluding hydrogens is 392 g/mol. The molecule has 1 saturated heterocycles. The molecule has 1 fully saturated rings. The van der Waals surface area contributed by atoms with Gasteiger partial charge in [-0.1, -0.05) is 12.1 Å². The molecule has 0 spiro atoms. The van der Waals surface area contributed by atoms with E-state index in [1.807, 2.05) is 0 Å². The monoisotopic (exact) mass is 414 g/mol. The largest absolute Gasteiger partial charge is 0.491 e. The van der Waals surface area contributed by atoms with Crippen LogP contribution in [0, 0.1) is 10.1 Å². The number of hydrogen-bond acceptors (Lipinski definition) is 7. The second-order valence-electron chi connectivity index (χ2n) is 6.78. The molecular formula is C21H22N2O7. The number of anilines is 1. The van der Waals surface area contributed by atoms with Gasteiger partial charge in [-0.15, -0.1) is 0 Å². The summed E-state index contributed by atoms with van der Waals surface area (Å²) in [5.41, 5.74) is 0.0379. The van der Waals surface area contributed by atoms with Gasteiger partial charge in [0.15, 0.2) is 6.10 Å². The molecule has 1 aliphatic rings. The van der Waals surface area contributed by atoms with Crippen LogP contribution in [0.2, 0.25) is 0 Å². The lowest BCUT2D eigenvalue weighted by Gasteiger charge is -2.14. The van der Waals surface area contributed by atoms with E-state index < -0.39 is 22.9 Å². The zero-order chi connectivity index (χ0) is 21.5. The summed E-state index contributed by atoms with van der Waals surface area (Å²) in [6.07, 6.45) is 0.945. The summed E-state index contributed by atoms with van der Waals surface area (Å²) in [5.74, 6) is -0.760. The molecule has 30 heavy (non-hydrogen) atoms. The summed E-state index contributed by atoms with van der Waals surface area (Å²) in [6.45, 7) is 2.59. The Labute approximate surface area is 173 Å². The first-order chi connectivity index (χ1) is 14.4. The van der Waals surface area contributed by atoms with Crippen LogP contribution >= 0.6 is 0 Å². The zero-order valence-electron chi connectivity index (χ0n) is 16.4. The van der Waals surface area contributed by atoms with Gasteiger partial charge in [-0.3, -0.25) is 14.9 Å². The molecule has 2 aromatic rings. The molecule has 1 N–H and O–H groups in total. The standard InChI is InChI=1S/C21H22N2O7/c1-14(20(24)22-18-6-2-3-7-19(18)23(26)27)30-21(25)15-8-10-16(11-9-15)29-13-17-5-4-12-28-17/h2-3,6-11,14,17H,4-5,12-13H2,1H3,(H,22,24)/t14-,17+/m0/s1. The highest BCUT2D eigenvalue weighted by atomic mass is 16.6. The van der Waals surface area contributed by atoms with Crippen LogP contribution in [0.15, 0.2) is 48.5 Å². The number of rotatable bonds is 8. The van der Waals surface area contributed by atoms with Gasteiger partial charge >= 0.3 is 5.97 Å². The van der Waals surface area contributed by atoms with Gasteiger partial charge < -0.3 is 19.5 Å². The van der Waals surface area contributed by atoms with E-state index in [1.54, 1.807) is 30.3 Å². The van der Waals surface area contributed by atoms with Crippen molar-refractivity contribution in [2.45, 2.75) is 32.0 Å². The number of esters is 1. The van der Waals surface area contributed by atoms with Gasteiger partial charge in [0.1, 0.15) is 18.0 Å². The number of benzene rings is 2. The van der Waals surface area contributed by atoms with Crippen LogP contribution in [-0.2, 0) is 14.3 Å². The van der Waals surface area contributed by atoms with E-state index in [9.17, 15) is 19.7 Å². The SMILES string of the molecule is C[C@H](OC(=O)c1ccc(OC[C@H]2CCCO2)cc1)C(=O)Nc1ccccc1[N+](=O)[O-]. The summed E-state index contributed by atoms with van der Waals surface area (Å²) in [5, 5.41) is 13.4. The highest BCUT2D eigenvalue weighted by Crippen LogP contribution is 2.23. The minimum atomic E-state index is -1.15. The van der Waals surface area contributed by atoms with Crippen molar-refractivity contribution >= 4 is 23.3 Å². The lowest BCUT2D eigenvalue weighted by atomic mass is 10.2. The van der Waals surface area contributed by atoms with Crippen LogP contribution in [0.5, 0.6) is 5.75 Å². The Balaban J connectivity index is 1.53. The van der Waals surface area contributed by atoms with Crippen LogP contribution in [0.1, 0.15) is 30.1 Å². The normalized spacial score (nSPS) is 16.5. The van der Waals surface area contributed by atoms with Crippen LogP contribution < -0.4 is 10.1 Å². The van der Waals surface area contributed by atoms with Crippen molar-refractivity contribution in [3.05, 3.63) is 64.2 Å². The number of ether oxygens (including phenoxy) is 3. The van der Waals surface area contributed by atoms with E-state index in [-0.39, 0.29) is 23.0 Å². The van der Waals surface area contributed by atoms with Crippen molar-refractivity contribution in [1.82, 2.24) is 0 Å². The molecule has 2 atom stereocenters. The highest BCUT2D eigenvalue weighted by molar-refractivity contribution is 5.98. The number of nitro groups is 1. The summed E-state index contributed by atoms with van der Waals surface area (Å²) in [6, 6.07) is 12.1. The third-order valence-electron chi connectivity index (χ3n) is 4.56. The Morgan fingerprint density at radius 3 is 2.63 bits per heavy atom. The lowest BCUT2D eigenvalue weighted by Crippen LogP contribution is -2.30. The smallest absolute Gasteiger partial charge is 0.338 e. The molecule has 1 heterocycles. The minimum Gasteiger partial charge on any atom is -0.491 e. The van der Waals surface area contributed by atoms with Crippen molar-refractivity contribution in [1.29, 1.82) is 0 Å². The number of nitrogens with one attached hydrogen (secondary N) is 1. The van der Waals surface area contributed by atoms with Gasteiger partial charge in [0, 0.05) is 12.7 Å². The van der Waals surface area contributed by atoms with Crippen LogP contribution in [0.25, 0.3) is 0 Å². The average Bonchev–Trinajstić information content (AvgIpc) is 3.26. The summed E-state index contributed by atoms with van der Waals surface area (Å²) < 4.78 is 16.3. The first kappa shape index (κ1) is 21.3. The summed E-state index contributed by atoms with van der Waals surface area (Å²) >= 11 is 0. The van der Waals surface area contributed by atoms with Gasteiger partial charge in [-0.25, -0.2) is 4.79 Å². The molecule has 0 aromatic heterocycles. The van der Waals surface area contributed by atoms with Crippen LogP contribution in [0.3, 0.4) is 0 Å². The van der Waals surface area contributed by atoms with Gasteiger partial charge in [-0.05, 0) is 50.1 Å². The first-order valence-corrected chi connectivity index (χ1v) is 9.54. The predicted molar refractivity (Wildman–Crippen MR) is 108 cm³/mol. The Hall–Kier alpha value is -3.46. The highest BCUT2D eigenvalue weighted by Gasteiger charge is 2.22. The average molecular weight is 414 g/mol. The lowest BCUT2D eigenvalue weighted by molar-refractivity contribution is -0.383. The van der Waals surface area contributed by atoms with Crippen molar-refractivity contribution in [2.24, 2.45) is 0 Å². The Morgan fingerprint density at radius 1 is 1.23 bits per heavy atom. The molecule has 3 rings (SSSR count). The number of nitro benzene ring substituents is 1. The Kier molecular flexibility index (Phi) is 6.97. The fourth-order valence-electron chi connectivity index (χ4n) is 2.91. The molecule has 0 bridgehead atoms. The molecule has 0 radical (unpaired) electrons. The van der Waals surface area contributed by atoms with Crippen LogP contribution in [0.4, 0.5) is 11.4 Å². The molecule has 0 unspecified atom stereocenters. The Bertz CT molecular complexity index is 908. The van der Waals surface area contributed by atoms with Crippen molar-refractivity contribution in [2.75, 3.05) is 18.5 Å². The number of para-hydroxylation sites is 2. The Morgan fingerprint density at radius 2 is 1.97 bits per heavy atom. The van der Waals surface area contributed by atoms with Crippen molar-refractivity contribution in [3.8, 4) is 5.75 Å². The maximum atomic E-state index is 12.3. The van der Waals surface area contributed by atoms with E-state index in [2.05, 4.69) is 5.32 Å². The van der Waals surface area contributed by atoms with E-state index in [1.165, 1.54) is 25.1 Å². The molecule has 158 valence electrons. The van der Waals surface area contributed by atoms with Crippen LogP contribution in [-0.4, -0.2) is 42.2 Å². The maximum Gasteiger partial charge on any atom is 0.338 e. The van der Waals surface area contributed by atoms with Gasteiger partial charge in [0.25, 0.3) is 11.6 Å². The second-order valence-corrected chi connectivity index (χ2v) is 6.78. The second kappa shape index (κ2) is 9.84. The number of carbonyl (C=O) groups excluding carboxylic acids is 2. The summed E-state index contributed by atoms with van der Waals surface area (Å²) in [4.78, 5) is 35.0. The van der Waals surface area contributed by atoms with E-state index in [0.29, 0.717) is 12.4 Å². The fraction of sp³-hybridized carbons (Fsp3) is 0.333. The van der Waals surface area contributed by atoms with Crippen molar-refractivity contribution < 1.29 is 28.7 Å². The van der Waals surface area contributed by atoms with E-state index >= 15 is 0 Å². The third-order valence-corrected chi connectivity index (χ3v) is 4.56. The fourth-order valence-corrected chi connectivity index (χ4v) is 2.91. The summed E-state index contributed by atoms with van der Waals surface area (Å²) in [7, 11) is 0. The molecule has 1 aliphatic heterocycles. The number of carbonyl (C=O) groups is 2. The topological polar surface area (TPSA) is 117 Å². The van der Waals surface area contributed by atoms with Gasteiger partial charge in [0.05, 0.1) is 16.6 Å². The third kappa shape index (κ3) is 5.54. The number of hydrogen-bond donors (Lipinski definition) is 1. The molecule has 1 amide bonds. The van der Waals surface area contributed by atoms with Gasteiger partial charge in [-0.2, -0.15) is 0 Å². The van der Waals surface area contributed by atoms with Crippen molar-refractivity contribution in [3.63, 3.8) is 0 Å². The predicted octanol–water partition coefficient (Wildman–Crippen LogP) is 3.34. The van der Waals surface area contributed by atoms with E-state index in [4.69, 9.17) is 14.2 Å². The molecule has 0 saturated carbocycles. The molecule has 9 heteroatoms. The quantitative estimate of drug-likeness (QED) is 0.400. The molecule has 9 nitrogen and oxygen atoms in total. The van der Waals surface area contributed by atoms with E-state index in [0.717, 1.165) is 19.4 Å². The maximum absolute atomic E-state index is 12.3. The first-order valence-electron chi connectivity index (χ1n) is 9.54. The molecule has 2 aromatic carbocycles. The minimum absolute atomic E-state index is 0.0307. The number of amides is 1. The van der Waals surface area contributed by atoms with Gasteiger partial charge in [0.2, 0.25) is 0 Å². The zero-order valence-corrected chi connectivity index (χ0v) is 16.4. The molecule has 0 aliphatic carbocycles.